The largest absolute Gasteiger partial charge is 0.491 e. The van der Waals surface area contributed by atoms with Crippen molar-refractivity contribution in [3.63, 3.8) is 0 Å². The van der Waals surface area contributed by atoms with E-state index in [1.165, 1.54) is 18.2 Å². The predicted octanol–water partition coefficient (Wildman–Crippen LogP) is 2.31. The maximum atomic E-state index is 13.9. The second-order valence-corrected chi connectivity index (χ2v) is 9.31. The monoisotopic (exact) mass is 546 g/mol. The molecular weight excluding hydrogens is 530 g/mol. The smallest absolute Gasteiger partial charge is 0.430 e. The van der Waals surface area contributed by atoms with Crippen molar-refractivity contribution in [2.45, 2.75) is 49.0 Å². The molecule has 4 unspecified atom stereocenters. The number of amides is 1. The van der Waals surface area contributed by atoms with Crippen molar-refractivity contribution in [2.24, 2.45) is 11.8 Å². The van der Waals surface area contributed by atoms with Crippen LogP contribution in [0, 0.1) is 11.8 Å². The lowest BCUT2D eigenvalue weighted by molar-refractivity contribution is -0.243. The SMILES string of the molecule is O=C1C=CN2N3C(=O)C(OC(=O)C(F)(F)F)(c4ccccc4)C(=O)C3C1C2(CC1CC1)OC(=O)C(F)(F)F. The summed E-state index contributed by atoms with van der Waals surface area (Å²) in [5.74, 6) is -11.9. The lowest BCUT2D eigenvalue weighted by Crippen LogP contribution is -2.60. The van der Waals surface area contributed by atoms with Gasteiger partial charge in [0.2, 0.25) is 11.5 Å². The van der Waals surface area contributed by atoms with Gasteiger partial charge in [0, 0.05) is 18.2 Å². The van der Waals surface area contributed by atoms with Crippen LogP contribution in [0.15, 0.2) is 42.6 Å². The molecule has 202 valence electrons. The van der Waals surface area contributed by atoms with E-state index in [1.54, 1.807) is 0 Å². The number of ether oxygens (including phenoxy) is 2. The fraction of sp³-hybridized carbons (Fsp3) is 0.435. The lowest BCUT2D eigenvalue weighted by atomic mass is 9.77. The molecule has 1 saturated carbocycles. The van der Waals surface area contributed by atoms with Gasteiger partial charge in [-0.2, -0.15) is 26.3 Å². The third kappa shape index (κ3) is 3.58. The highest BCUT2D eigenvalue weighted by Gasteiger charge is 2.78. The fourth-order valence-electron chi connectivity index (χ4n) is 5.25. The maximum absolute atomic E-state index is 13.9. The zero-order valence-electron chi connectivity index (χ0n) is 18.9. The molecule has 4 atom stereocenters. The molecule has 0 aromatic heterocycles. The molecule has 1 amide bonds. The van der Waals surface area contributed by atoms with Gasteiger partial charge in [-0.15, -0.1) is 0 Å². The Balaban J connectivity index is 1.66. The molecule has 5 rings (SSSR count). The van der Waals surface area contributed by atoms with E-state index >= 15 is 0 Å². The van der Waals surface area contributed by atoms with Crippen molar-refractivity contribution >= 4 is 29.4 Å². The highest BCUT2D eigenvalue weighted by Crippen LogP contribution is 2.57. The van der Waals surface area contributed by atoms with E-state index in [-0.39, 0.29) is 12.3 Å². The zero-order chi connectivity index (χ0) is 27.8. The number of halogens is 6. The molecule has 1 aliphatic carbocycles. The summed E-state index contributed by atoms with van der Waals surface area (Å²) >= 11 is 0. The summed E-state index contributed by atoms with van der Waals surface area (Å²) in [7, 11) is 0. The molecule has 15 heteroatoms. The fourth-order valence-corrected chi connectivity index (χ4v) is 5.25. The van der Waals surface area contributed by atoms with E-state index < -0.39 is 70.6 Å². The first-order valence-corrected chi connectivity index (χ1v) is 11.2. The van der Waals surface area contributed by atoms with Crippen LogP contribution >= 0.6 is 0 Å². The highest BCUT2D eigenvalue weighted by atomic mass is 19.4. The standard InChI is InChI=1S/C23H16F6N2O7/c24-22(25,26)18(35)37-20(10-11-6-7-11)14-13(32)8-9-30(20)31-15(14)16(33)21(17(31)34,12-4-2-1-3-5-12)38-19(36)23(27,28)29/h1-5,8-9,11,14-15H,6-7,10H2. The van der Waals surface area contributed by atoms with Gasteiger partial charge in [0.1, 0.15) is 12.0 Å². The van der Waals surface area contributed by atoms with Crippen LogP contribution in [0.5, 0.6) is 0 Å². The number of allylic oxidation sites excluding steroid dienone is 1. The second kappa shape index (κ2) is 8.04. The van der Waals surface area contributed by atoms with Crippen molar-refractivity contribution in [1.29, 1.82) is 0 Å². The Morgan fingerprint density at radius 3 is 2.05 bits per heavy atom. The highest BCUT2D eigenvalue weighted by molar-refractivity contribution is 6.21. The number of rotatable bonds is 5. The maximum Gasteiger partial charge on any atom is 0.491 e. The summed E-state index contributed by atoms with van der Waals surface area (Å²) < 4.78 is 88.7. The van der Waals surface area contributed by atoms with Crippen LogP contribution in [0.3, 0.4) is 0 Å². The Kier molecular flexibility index (Phi) is 5.45. The Hall–Kier alpha value is -3.91. The summed E-state index contributed by atoms with van der Waals surface area (Å²) in [5, 5.41) is 1.12. The van der Waals surface area contributed by atoms with Crippen LogP contribution in [-0.4, -0.2) is 63.5 Å². The van der Waals surface area contributed by atoms with Gasteiger partial charge in [-0.3, -0.25) is 14.4 Å². The van der Waals surface area contributed by atoms with E-state index in [0.717, 1.165) is 24.4 Å². The summed E-state index contributed by atoms with van der Waals surface area (Å²) in [6, 6.07) is 3.95. The van der Waals surface area contributed by atoms with Gasteiger partial charge in [0.25, 0.3) is 11.5 Å². The van der Waals surface area contributed by atoms with E-state index in [0.29, 0.717) is 22.9 Å². The van der Waals surface area contributed by atoms with E-state index in [9.17, 15) is 50.3 Å². The number of carbonyl (C=O) groups is 5. The molecule has 4 aliphatic rings. The molecule has 2 bridgehead atoms. The summed E-state index contributed by atoms with van der Waals surface area (Å²) in [5.41, 5.74) is -6.15. The van der Waals surface area contributed by atoms with Gasteiger partial charge in [-0.05, 0) is 24.8 Å². The molecule has 1 aromatic carbocycles. The Bertz CT molecular complexity index is 1280. The second-order valence-electron chi connectivity index (χ2n) is 9.31. The molecule has 3 heterocycles. The minimum atomic E-state index is -5.63. The quantitative estimate of drug-likeness (QED) is 0.315. The van der Waals surface area contributed by atoms with Crippen LogP contribution in [-0.2, 0) is 39.0 Å². The van der Waals surface area contributed by atoms with Crippen LogP contribution in [0.1, 0.15) is 24.8 Å². The predicted molar refractivity (Wildman–Crippen MR) is 108 cm³/mol. The zero-order valence-corrected chi connectivity index (χ0v) is 18.9. The average molecular weight is 546 g/mol. The van der Waals surface area contributed by atoms with Gasteiger partial charge < -0.3 is 9.47 Å². The molecule has 9 nitrogen and oxygen atoms in total. The molecular formula is C23H16F6N2O7. The number of nitrogens with zero attached hydrogens (tertiary/aromatic N) is 2. The molecule has 2 saturated heterocycles. The van der Waals surface area contributed by atoms with Crippen LogP contribution < -0.4 is 0 Å². The number of benzene rings is 1. The molecule has 0 radical (unpaired) electrons. The van der Waals surface area contributed by atoms with Crippen molar-refractivity contribution in [3.05, 3.63) is 48.2 Å². The first kappa shape index (κ1) is 25.7. The summed E-state index contributed by atoms with van der Waals surface area (Å²) in [4.78, 5) is 64.6. The van der Waals surface area contributed by atoms with E-state index in [4.69, 9.17) is 4.74 Å². The topological polar surface area (TPSA) is 110 Å². The van der Waals surface area contributed by atoms with Crippen LogP contribution in [0.25, 0.3) is 0 Å². The minimum absolute atomic E-state index is 0.326. The van der Waals surface area contributed by atoms with Crippen LogP contribution in [0.4, 0.5) is 26.3 Å². The lowest BCUT2D eigenvalue weighted by Gasteiger charge is -2.44. The number of alkyl halides is 6. The van der Waals surface area contributed by atoms with Crippen LogP contribution in [0.2, 0.25) is 0 Å². The first-order valence-electron chi connectivity index (χ1n) is 11.2. The molecule has 3 fully saturated rings. The Morgan fingerprint density at radius 1 is 0.921 bits per heavy atom. The van der Waals surface area contributed by atoms with Gasteiger partial charge in [0.05, 0.1) is 0 Å². The number of hydrazine groups is 1. The Labute approximate surface area is 208 Å². The number of hydrogen-bond acceptors (Lipinski definition) is 8. The Morgan fingerprint density at radius 2 is 1.50 bits per heavy atom. The summed E-state index contributed by atoms with van der Waals surface area (Å²) in [6.07, 6.45) is -8.84. The molecule has 1 aromatic rings. The molecule has 38 heavy (non-hydrogen) atoms. The van der Waals surface area contributed by atoms with Crippen molar-refractivity contribution in [1.82, 2.24) is 10.0 Å². The van der Waals surface area contributed by atoms with Gasteiger partial charge in [-0.1, -0.05) is 30.3 Å². The van der Waals surface area contributed by atoms with E-state index in [1.807, 2.05) is 0 Å². The third-order valence-corrected chi connectivity index (χ3v) is 6.93. The number of carbonyl (C=O) groups excluding carboxylic acids is 5. The number of hydrogen-bond donors (Lipinski definition) is 0. The van der Waals surface area contributed by atoms with Crippen molar-refractivity contribution < 1.29 is 59.8 Å². The first-order chi connectivity index (χ1) is 17.6. The van der Waals surface area contributed by atoms with Gasteiger partial charge >= 0.3 is 24.3 Å². The number of Topliss-reactive ketones (excluding diaryl/α,β-unsaturated/α-hetero) is 1. The number of fused-ring (bicyclic) bond motifs is 5. The number of ketones is 2. The van der Waals surface area contributed by atoms with Gasteiger partial charge in [0.15, 0.2) is 5.78 Å². The normalized spacial score (nSPS) is 30.5. The average Bonchev–Trinajstić information content (AvgIpc) is 3.58. The van der Waals surface area contributed by atoms with Crippen molar-refractivity contribution in [3.8, 4) is 0 Å². The van der Waals surface area contributed by atoms with Gasteiger partial charge in [-0.25, -0.2) is 19.6 Å². The third-order valence-electron chi connectivity index (χ3n) is 6.93. The molecule has 0 N–H and O–H groups in total. The number of esters is 2. The minimum Gasteiger partial charge on any atom is -0.430 e. The molecule has 3 aliphatic heterocycles. The van der Waals surface area contributed by atoms with Crippen molar-refractivity contribution in [2.75, 3.05) is 0 Å². The molecule has 0 spiro atoms. The summed E-state index contributed by atoms with van der Waals surface area (Å²) in [6.45, 7) is 0. The van der Waals surface area contributed by atoms with E-state index in [2.05, 4.69) is 4.74 Å².